The van der Waals surface area contributed by atoms with Gasteiger partial charge >= 0.3 is 0 Å². The number of hydrogen-bond donors (Lipinski definition) is 1. The second-order valence-electron chi connectivity index (χ2n) is 3.96. The molecule has 4 nitrogen and oxygen atoms in total. The summed E-state index contributed by atoms with van der Waals surface area (Å²) >= 11 is 5.49. The highest BCUT2D eigenvalue weighted by Gasteiger charge is 2.22. The van der Waals surface area contributed by atoms with Crippen LogP contribution in [0.3, 0.4) is 0 Å². The Morgan fingerprint density at radius 1 is 1.25 bits per heavy atom. The van der Waals surface area contributed by atoms with Gasteiger partial charge in [-0.25, -0.2) is 13.1 Å². The van der Waals surface area contributed by atoms with Crippen LogP contribution in [0.5, 0.6) is 0 Å². The molecule has 0 bridgehead atoms. The van der Waals surface area contributed by atoms with Crippen LogP contribution in [0.1, 0.15) is 25.7 Å². The zero-order chi connectivity index (χ0) is 12.0. The highest BCUT2D eigenvalue weighted by Crippen LogP contribution is 2.10. The van der Waals surface area contributed by atoms with E-state index in [2.05, 4.69) is 4.72 Å². The zero-order valence-electron chi connectivity index (χ0n) is 9.15. The average molecular weight is 288 g/mol. The van der Waals surface area contributed by atoms with E-state index in [9.17, 15) is 12.6 Å². The first-order valence-corrected chi connectivity index (χ1v) is 9.12. The van der Waals surface area contributed by atoms with E-state index in [1.807, 2.05) is 0 Å². The summed E-state index contributed by atoms with van der Waals surface area (Å²) in [5, 5.41) is 0. The Bertz CT molecular complexity index is 322. The minimum atomic E-state index is -3.18. The van der Waals surface area contributed by atoms with Crippen molar-refractivity contribution < 1.29 is 12.6 Å². The highest BCUT2D eigenvalue weighted by molar-refractivity contribution is 7.89. The molecule has 0 atom stereocenters. The summed E-state index contributed by atoms with van der Waals surface area (Å²) in [6.07, 6.45) is 2.68. The van der Waals surface area contributed by atoms with Gasteiger partial charge in [0.15, 0.2) is 0 Å². The van der Waals surface area contributed by atoms with Crippen molar-refractivity contribution in [2.45, 2.75) is 31.7 Å². The van der Waals surface area contributed by atoms with Gasteiger partial charge in [-0.15, -0.1) is 11.6 Å². The summed E-state index contributed by atoms with van der Waals surface area (Å²) in [6.45, 7) is 0. The normalized spacial score (nSPS) is 26.8. The molecule has 1 fully saturated rings. The molecule has 0 saturated carbocycles. The minimum Gasteiger partial charge on any atom is -0.260 e. The number of hydrogen-bond acceptors (Lipinski definition) is 3. The first kappa shape index (κ1) is 14.4. The van der Waals surface area contributed by atoms with Crippen LogP contribution in [0, 0.1) is 0 Å². The second kappa shape index (κ2) is 6.93. The Morgan fingerprint density at radius 3 is 2.44 bits per heavy atom. The maximum absolute atomic E-state index is 11.6. The van der Waals surface area contributed by atoms with Gasteiger partial charge in [0.2, 0.25) is 10.0 Å². The molecule has 1 rings (SSSR count). The lowest BCUT2D eigenvalue weighted by atomic mass is 10.2. The highest BCUT2D eigenvalue weighted by atomic mass is 35.5. The van der Waals surface area contributed by atoms with E-state index in [1.165, 1.54) is 0 Å². The first-order valence-electron chi connectivity index (χ1n) is 5.44. The van der Waals surface area contributed by atoms with Crippen LogP contribution in [0.25, 0.3) is 0 Å². The van der Waals surface area contributed by atoms with Crippen molar-refractivity contribution in [3.05, 3.63) is 0 Å². The van der Waals surface area contributed by atoms with Crippen LogP contribution in [0.15, 0.2) is 0 Å². The molecule has 0 aromatic rings. The van der Waals surface area contributed by atoms with Crippen molar-refractivity contribution in [3.8, 4) is 0 Å². The van der Waals surface area contributed by atoms with Gasteiger partial charge in [-0.2, -0.15) is 0 Å². The van der Waals surface area contributed by atoms with Gasteiger partial charge in [0.1, 0.15) is 0 Å². The molecule has 0 unspecified atom stereocenters. The minimum absolute atomic E-state index is 0.0290. The van der Waals surface area contributed by atoms with Crippen molar-refractivity contribution in [2.24, 2.45) is 0 Å². The van der Waals surface area contributed by atoms with E-state index >= 15 is 0 Å². The molecule has 1 aliphatic rings. The molecule has 16 heavy (non-hydrogen) atoms. The van der Waals surface area contributed by atoms with Gasteiger partial charge in [0, 0.05) is 34.2 Å². The van der Waals surface area contributed by atoms with Crippen LogP contribution < -0.4 is 4.72 Å². The lowest BCUT2D eigenvalue weighted by Gasteiger charge is -2.22. The van der Waals surface area contributed by atoms with Crippen molar-refractivity contribution in [1.29, 1.82) is 0 Å². The molecule has 96 valence electrons. The third-order valence-electron chi connectivity index (χ3n) is 2.53. The fourth-order valence-corrected chi connectivity index (χ4v) is 4.54. The summed E-state index contributed by atoms with van der Waals surface area (Å²) in [5.41, 5.74) is 0. The molecule has 0 amide bonds. The van der Waals surface area contributed by atoms with Gasteiger partial charge in [-0.3, -0.25) is 4.21 Å². The molecule has 0 spiro atoms. The Kier molecular flexibility index (Phi) is 6.25. The summed E-state index contributed by atoms with van der Waals surface area (Å²) in [7, 11) is -3.93. The van der Waals surface area contributed by atoms with E-state index in [-0.39, 0.29) is 11.8 Å². The van der Waals surface area contributed by atoms with Gasteiger partial charge in [-0.05, 0) is 25.7 Å². The molecule has 0 aromatic heterocycles. The second-order valence-corrected chi connectivity index (χ2v) is 7.90. The summed E-state index contributed by atoms with van der Waals surface area (Å²) < 4.78 is 37.0. The number of unbranched alkanes of at least 4 members (excludes halogenated alkanes) is 1. The first-order chi connectivity index (χ1) is 7.53. The van der Waals surface area contributed by atoms with E-state index in [0.717, 1.165) is 6.42 Å². The molecule has 0 aliphatic carbocycles. The number of alkyl halides is 1. The maximum Gasteiger partial charge on any atom is 0.211 e. The molecular formula is C9H18ClNO3S2. The van der Waals surface area contributed by atoms with Crippen LogP contribution in [0.2, 0.25) is 0 Å². The van der Waals surface area contributed by atoms with E-state index in [4.69, 9.17) is 11.6 Å². The van der Waals surface area contributed by atoms with Crippen LogP contribution >= 0.6 is 11.6 Å². The van der Waals surface area contributed by atoms with Crippen LogP contribution in [-0.4, -0.2) is 41.8 Å². The van der Waals surface area contributed by atoms with Gasteiger partial charge in [0.25, 0.3) is 0 Å². The smallest absolute Gasteiger partial charge is 0.211 e. The van der Waals surface area contributed by atoms with Crippen molar-refractivity contribution in [1.82, 2.24) is 4.72 Å². The predicted octanol–water partition coefficient (Wildman–Crippen LogP) is 0.836. The molecule has 1 aliphatic heterocycles. The quantitative estimate of drug-likeness (QED) is 0.581. The van der Waals surface area contributed by atoms with Crippen molar-refractivity contribution >= 4 is 32.4 Å². The van der Waals surface area contributed by atoms with E-state index in [0.29, 0.717) is 36.6 Å². The largest absolute Gasteiger partial charge is 0.260 e. The van der Waals surface area contributed by atoms with Crippen molar-refractivity contribution in [3.63, 3.8) is 0 Å². The van der Waals surface area contributed by atoms with Crippen molar-refractivity contribution in [2.75, 3.05) is 23.1 Å². The molecule has 0 aromatic carbocycles. The number of sulfonamides is 1. The molecule has 1 saturated heterocycles. The molecule has 1 N–H and O–H groups in total. The fourth-order valence-electron chi connectivity index (χ4n) is 1.61. The third-order valence-corrected chi connectivity index (χ3v) is 5.70. The monoisotopic (exact) mass is 287 g/mol. The summed E-state index contributed by atoms with van der Waals surface area (Å²) in [5.74, 6) is 1.85. The summed E-state index contributed by atoms with van der Waals surface area (Å²) in [4.78, 5) is 0. The van der Waals surface area contributed by atoms with Crippen LogP contribution in [0.4, 0.5) is 0 Å². The van der Waals surface area contributed by atoms with Gasteiger partial charge < -0.3 is 0 Å². The Balaban J connectivity index is 2.32. The SMILES string of the molecule is O=S1CCC(NS(=O)(=O)CCCCCl)CC1. The fraction of sp³-hybridized carbons (Fsp3) is 1.00. The maximum atomic E-state index is 11.6. The van der Waals surface area contributed by atoms with E-state index in [1.54, 1.807) is 0 Å². The number of rotatable bonds is 6. The number of halogens is 1. The molecule has 0 radical (unpaired) electrons. The third kappa shape index (κ3) is 5.61. The van der Waals surface area contributed by atoms with Gasteiger partial charge in [-0.1, -0.05) is 0 Å². The zero-order valence-corrected chi connectivity index (χ0v) is 11.5. The van der Waals surface area contributed by atoms with Crippen LogP contribution in [-0.2, 0) is 20.8 Å². The predicted molar refractivity (Wildman–Crippen MR) is 67.8 cm³/mol. The van der Waals surface area contributed by atoms with E-state index < -0.39 is 20.8 Å². The molecular weight excluding hydrogens is 270 g/mol. The molecule has 7 heteroatoms. The Labute approximate surface area is 105 Å². The topological polar surface area (TPSA) is 63.2 Å². The summed E-state index contributed by atoms with van der Waals surface area (Å²) in [6, 6.07) is -0.0290. The number of nitrogens with one attached hydrogen (secondary N) is 1. The Hall–Kier alpha value is 0.350. The molecule has 1 heterocycles. The Morgan fingerprint density at radius 2 is 1.88 bits per heavy atom. The lowest BCUT2D eigenvalue weighted by molar-refractivity contribution is 0.520. The standard InChI is InChI=1S/C9H18ClNO3S2/c10-5-1-2-8-16(13,14)11-9-3-6-15(12)7-4-9/h9,11H,1-8H2. The average Bonchev–Trinajstić information content (AvgIpc) is 2.21. The van der Waals surface area contributed by atoms with Gasteiger partial charge in [0.05, 0.1) is 5.75 Å². The lowest BCUT2D eigenvalue weighted by Crippen LogP contribution is -2.40.